The maximum Gasteiger partial charge on any atom is 1.00 e. The van der Waals surface area contributed by atoms with E-state index in [0.717, 1.165) is 24.3 Å². The number of carbonyl (C=O) groups excluding carboxylic acids is 2. The summed E-state index contributed by atoms with van der Waals surface area (Å²) in [5, 5.41) is 11.0. The third-order valence-corrected chi connectivity index (χ3v) is 5.44. The van der Waals surface area contributed by atoms with Crippen molar-refractivity contribution < 1.29 is 49.7 Å². The molecule has 0 bridgehead atoms. The van der Waals surface area contributed by atoms with Gasteiger partial charge in [0.1, 0.15) is 0 Å². The zero-order chi connectivity index (χ0) is 19.4. The first-order valence-electron chi connectivity index (χ1n) is 9.43. The van der Waals surface area contributed by atoms with Gasteiger partial charge in [-0.1, -0.05) is 49.4 Å². The largest absolute Gasteiger partial charge is 1.00 e. The van der Waals surface area contributed by atoms with Crippen LogP contribution in [0.2, 0.25) is 0 Å². The number of para-hydroxylation sites is 1. The first kappa shape index (κ1) is 25.2. The number of nitrogens with zero attached hydrogens (tertiary/aromatic N) is 1. The van der Waals surface area contributed by atoms with Gasteiger partial charge < -0.3 is 26.0 Å². The molecule has 1 aliphatic heterocycles. The molecule has 0 saturated carbocycles. The van der Waals surface area contributed by atoms with Gasteiger partial charge in [0.2, 0.25) is 5.91 Å². The second kappa shape index (κ2) is 11.4. The van der Waals surface area contributed by atoms with Crippen LogP contribution in [-0.2, 0) is 4.79 Å². The molecule has 1 fully saturated rings. The van der Waals surface area contributed by atoms with E-state index in [0.29, 0.717) is 5.56 Å². The molecule has 2 unspecified atom stereocenters. The number of nitrogens with two attached hydrogens (primary N) is 1. The molecule has 1 heterocycles. The topological polar surface area (TPSA) is 118 Å². The van der Waals surface area contributed by atoms with Gasteiger partial charge in [-0.2, -0.15) is 0 Å². The number of carbonyl (C=O) groups is 2. The van der Waals surface area contributed by atoms with E-state index in [4.69, 9.17) is 5.73 Å². The summed E-state index contributed by atoms with van der Waals surface area (Å²) in [6.45, 7) is 4.04. The number of hydrogen-bond acceptors (Lipinski definition) is 4. The minimum absolute atomic E-state index is 0. The number of piperidine rings is 1. The standard InChI is InChI=1S/C22H26N2O3.Na.H2O/c1-15(18-7-3-4-8-19(18)24-13-5-2-6-14-24)20(21(23)25)16-9-11-17(12-10-16)22(26)27;;/h3-4,7-12,15,20H,2,5-6,13-14H2,1H3,(H2,23,25)(H,26,27);;1H2/q;+1;/p-1. The van der Waals surface area contributed by atoms with Gasteiger partial charge in [-0.05, 0) is 47.9 Å². The van der Waals surface area contributed by atoms with Crippen molar-refractivity contribution in [1.29, 1.82) is 0 Å². The van der Waals surface area contributed by atoms with Crippen LogP contribution in [0, 0.1) is 0 Å². The zero-order valence-electron chi connectivity index (χ0n) is 17.1. The molecule has 6 nitrogen and oxygen atoms in total. The third kappa shape index (κ3) is 5.82. The van der Waals surface area contributed by atoms with Crippen molar-refractivity contribution in [2.75, 3.05) is 18.0 Å². The number of hydrogen-bond donors (Lipinski definition) is 1. The van der Waals surface area contributed by atoms with E-state index in [-0.39, 0.29) is 46.5 Å². The summed E-state index contributed by atoms with van der Waals surface area (Å²) in [5.41, 5.74) is 8.80. The molecule has 7 heteroatoms. The summed E-state index contributed by atoms with van der Waals surface area (Å²) in [6, 6.07) is 14.4. The van der Waals surface area contributed by atoms with E-state index in [9.17, 15) is 14.7 Å². The Kier molecular flexibility index (Phi) is 9.86. The Hall–Kier alpha value is -1.86. The molecule has 4 N–H and O–H groups in total. The third-order valence-electron chi connectivity index (χ3n) is 5.44. The van der Waals surface area contributed by atoms with E-state index in [2.05, 4.69) is 17.0 Å². The molecule has 2 atom stereocenters. The van der Waals surface area contributed by atoms with Crippen LogP contribution in [0.1, 0.15) is 59.5 Å². The molecule has 2 aromatic rings. The molecule has 1 amide bonds. The fourth-order valence-corrected chi connectivity index (χ4v) is 4.00. The summed E-state index contributed by atoms with van der Waals surface area (Å²) >= 11 is 0. The van der Waals surface area contributed by atoms with Crippen LogP contribution in [0.25, 0.3) is 0 Å². The van der Waals surface area contributed by atoms with Gasteiger partial charge in [0, 0.05) is 18.8 Å². The summed E-state index contributed by atoms with van der Waals surface area (Å²) in [7, 11) is 0. The average molecular weight is 406 g/mol. The Balaban J connectivity index is 0.00000210. The van der Waals surface area contributed by atoms with Crippen molar-refractivity contribution in [3.63, 3.8) is 0 Å². The van der Waals surface area contributed by atoms with Crippen molar-refractivity contribution in [1.82, 2.24) is 0 Å². The molecule has 0 spiro atoms. The minimum Gasteiger partial charge on any atom is -0.545 e. The van der Waals surface area contributed by atoms with E-state index >= 15 is 0 Å². The Morgan fingerprint density at radius 3 is 2.14 bits per heavy atom. The number of aromatic carboxylic acids is 1. The zero-order valence-corrected chi connectivity index (χ0v) is 19.1. The normalized spacial score (nSPS) is 15.4. The number of carboxylic acid groups (broad SMARTS) is 1. The van der Waals surface area contributed by atoms with Gasteiger partial charge in [-0.25, -0.2) is 0 Å². The van der Waals surface area contributed by atoms with Crippen molar-refractivity contribution in [2.45, 2.75) is 38.0 Å². The Labute approximate surface area is 193 Å². The number of rotatable bonds is 6. The number of carboxylic acids is 1. The van der Waals surface area contributed by atoms with Gasteiger partial charge >= 0.3 is 29.6 Å². The Morgan fingerprint density at radius 1 is 1.00 bits per heavy atom. The van der Waals surface area contributed by atoms with Gasteiger partial charge in [-0.15, -0.1) is 0 Å². The first-order valence-corrected chi connectivity index (χ1v) is 9.43. The fraction of sp³-hybridized carbons (Fsp3) is 0.364. The van der Waals surface area contributed by atoms with E-state index in [1.165, 1.54) is 31.4 Å². The molecule has 150 valence electrons. The maximum atomic E-state index is 12.3. The van der Waals surface area contributed by atoms with Crippen LogP contribution in [0.5, 0.6) is 0 Å². The summed E-state index contributed by atoms with van der Waals surface area (Å²) < 4.78 is 0. The molecule has 1 aliphatic rings. The minimum atomic E-state index is -1.24. The second-order valence-electron chi connectivity index (χ2n) is 7.18. The van der Waals surface area contributed by atoms with Crippen molar-refractivity contribution >= 4 is 17.6 Å². The number of anilines is 1. The molecule has 0 radical (unpaired) electrons. The summed E-state index contributed by atoms with van der Waals surface area (Å²) in [6.07, 6.45) is 3.60. The molecule has 1 saturated heterocycles. The van der Waals surface area contributed by atoms with Crippen molar-refractivity contribution in [3.05, 3.63) is 65.2 Å². The molecular weight excluding hydrogens is 379 g/mol. The Morgan fingerprint density at radius 2 is 1.59 bits per heavy atom. The molecular formula is C22H27N2NaO4. The van der Waals surface area contributed by atoms with Gasteiger partial charge in [-0.3, -0.25) is 4.79 Å². The van der Waals surface area contributed by atoms with Crippen LogP contribution in [0.3, 0.4) is 0 Å². The van der Waals surface area contributed by atoms with E-state index in [1.54, 1.807) is 12.1 Å². The predicted octanol–water partition coefficient (Wildman–Crippen LogP) is -1.41. The van der Waals surface area contributed by atoms with Gasteiger partial charge in [0.25, 0.3) is 0 Å². The molecule has 0 aromatic heterocycles. The molecule has 29 heavy (non-hydrogen) atoms. The quantitative estimate of drug-likeness (QED) is 0.593. The van der Waals surface area contributed by atoms with E-state index in [1.807, 2.05) is 19.1 Å². The number of amides is 1. The smallest absolute Gasteiger partial charge is 0.545 e. The summed E-state index contributed by atoms with van der Waals surface area (Å²) in [5.74, 6) is -2.32. The van der Waals surface area contributed by atoms with Crippen molar-refractivity contribution in [2.24, 2.45) is 5.73 Å². The van der Waals surface area contributed by atoms with Crippen LogP contribution in [0.15, 0.2) is 48.5 Å². The SMILES string of the molecule is CC(c1ccccc1N1CCCCC1)C(C(N)=O)c1ccc(C(=O)[O-])cc1.O.[Na+]. The predicted molar refractivity (Wildman–Crippen MR) is 107 cm³/mol. The van der Waals surface area contributed by atoms with Crippen LogP contribution in [0.4, 0.5) is 5.69 Å². The fourth-order valence-electron chi connectivity index (χ4n) is 4.00. The van der Waals surface area contributed by atoms with E-state index < -0.39 is 17.8 Å². The maximum absolute atomic E-state index is 12.3. The number of benzene rings is 2. The molecule has 0 aliphatic carbocycles. The van der Waals surface area contributed by atoms with Gasteiger partial charge in [0.05, 0.1) is 11.9 Å². The Bertz CT molecular complexity index is 820. The first-order chi connectivity index (χ1) is 13.0. The summed E-state index contributed by atoms with van der Waals surface area (Å²) in [4.78, 5) is 25.7. The average Bonchev–Trinajstić information content (AvgIpc) is 2.69. The molecule has 3 rings (SSSR count). The van der Waals surface area contributed by atoms with Crippen LogP contribution in [-0.4, -0.2) is 30.4 Å². The van der Waals surface area contributed by atoms with Crippen molar-refractivity contribution in [3.8, 4) is 0 Å². The van der Waals surface area contributed by atoms with Gasteiger partial charge in [0.15, 0.2) is 0 Å². The molecule has 2 aromatic carbocycles. The second-order valence-corrected chi connectivity index (χ2v) is 7.18. The monoisotopic (exact) mass is 406 g/mol. The number of primary amides is 1. The van der Waals surface area contributed by atoms with Crippen LogP contribution >= 0.6 is 0 Å². The van der Waals surface area contributed by atoms with Crippen LogP contribution < -0.4 is 45.3 Å².